The van der Waals surface area contributed by atoms with Gasteiger partial charge in [-0.1, -0.05) is 36.5 Å². The molecule has 0 bridgehead atoms. The van der Waals surface area contributed by atoms with E-state index in [4.69, 9.17) is 18.0 Å². The molecule has 1 heterocycles. The molecule has 30 heavy (non-hydrogen) atoms. The fourth-order valence-electron chi connectivity index (χ4n) is 3.40. The van der Waals surface area contributed by atoms with Gasteiger partial charge in [0.15, 0.2) is 0 Å². The Morgan fingerprint density at radius 3 is 2.47 bits per heavy atom. The van der Waals surface area contributed by atoms with Crippen LogP contribution in [0.5, 0.6) is 0 Å². The van der Waals surface area contributed by atoms with Gasteiger partial charge in [-0.2, -0.15) is 0 Å². The summed E-state index contributed by atoms with van der Waals surface area (Å²) in [7, 11) is 0. The van der Waals surface area contributed by atoms with Gasteiger partial charge in [0.2, 0.25) is 0 Å². The van der Waals surface area contributed by atoms with Gasteiger partial charge in [0, 0.05) is 40.9 Å². The van der Waals surface area contributed by atoms with Crippen molar-refractivity contribution in [3.63, 3.8) is 0 Å². The lowest BCUT2D eigenvalue weighted by atomic mass is 10.0. The van der Waals surface area contributed by atoms with Crippen LogP contribution in [-0.4, -0.2) is 52.4 Å². The lowest BCUT2D eigenvalue weighted by Crippen LogP contribution is -2.27. The normalized spacial score (nSPS) is 11.5. The van der Waals surface area contributed by atoms with E-state index >= 15 is 0 Å². The molecule has 0 aliphatic heterocycles. The van der Waals surface area contributed by atoms with Crippen molar-refractivity contribution in [2.45, 2.75) is 12.6 Å². The third-order valence-electron chi connectivity index (χ3n) is 5.04. The lowest BCUT2D eigenvalue weighted by Gasteiger charge is -2.16. The first-order valence-corrected chi connectivity index (χ1v) is 10.0. The number of hydrogen-bond donors (Lipinski definition) is 4. The van der Waals surface area contributed by atoms with E-state index in [9.17, 15) is 19.0 Å². The number of thiocarbonyl (C=S) groups is 1. The maximum atomic E-state index is 13.2. The summed E-state index contributed by atoms with van der Waals surface area (Å²) in [5.41, 5.74) is 9.77. The van der Waals surface area contributed by atoms with Gasteiger partial charge in [0.1, 0.15) is 4.99 Å². The number of aliphatic hydroxyl groups excluding tert-OH is 2. The largest absolute Gasteiger partial charge is 0.394 e. The summed E-state index contributed by atoms with van der Waals surface area (Å²) >= 11 is 5.08. The Labute approximate surface area is 179 Å². The van der Waals surface area contributed by atoms with Gasteiger partial charge in [-0.25, -0.2) is 0 Å². The Hall–Kier alpha value is -2.55. The Bertz CT molecular complexity index is 1020. The molecule has 0 unspecified atom stereocenters. The van der Waals surface area contributed by atoms with Crippen molar-refractivity contribution in [3.05, 3.63) is 54.2 Å². The second kappa shape index (κ2) is 9.97. The molecule has 2 aromatic carbocycles. The first-order valence-electron chi connectivity index (χ1n) is 9.64. The smallest absolute Gasteiger partial charge is 0.104 e. The van der Waals surface area contributed by atoms with Gasteiger partial charge in [0.25, 0.3) is 0 Å². The topological polar surface area (TPSA) is 83.4 Å². The minimum absolute atomic E-state index is 0.186. The Kier molecular flexibility index (Phi) is 7.36. The van der Waals surface area contributed by atoms with Crippen molar-refractivity contribution >= 4 is 33.8 Å². The monoisotopic (exact) mass is 433 g/mol. The molecular formula is C22H25F2N3O2S. The highest BCUT2D eigenvalue weighted by atomic mass is 32.1. The molecule has 3 aromatic rings. The third kappa shape index (κ3) is 4.77. The molecule has 0 spiro atoms. The number of rotatable bonds is 10. The van der Waals surface area contributed by atoms with Crippen LogP contribution < -0.4 is 11.1 Å². The molecule has 8 heteroatoms. The minimum atomic E-state index is -0.753. The van der Waals surface area contributed by atoms with Crippen LogP contribution in [0.2, 0.25) is 0 Å². The van der Waals surface area contributed by atoms with Gasteiger partial charge in [-0.15, -0.1) is 0 Å². The summed E-state index contributed by atoms with van der Waals surface area (Å²) in [6.45, 7) is -1.77. The van der Waals surface area contributed by atoms with Crippen LogP contribution in [0.1, 0.15) is 5.56 Å². The molecule has 0 aliphatic rings. The fraction of sp³-hybridized carbons (Fsp3) is 0.318. The Morgan fingerprint density at radius 1 is 1.10 bits per heavy atom. The SMILES string of the molecule is NC(=S)c1cccc(-c2cn(CC(CF)CF)c3cc(NC(CO)CO)ccc23)c1. The second-order valence-electron chi connectivity index (χ2n) is 7.25. The van der Waals surface area contributed by atoms with Crippen molar-refractivity contribution in [2.24, 2.45) is 11.7 Å². The van der Waals surface area contributed by atoms with E-state index in [1.54, 1.807) is 0 Å². The molecule has 0 fully saturated rings. The van der Waals surface area contributed by atoms with E-state index in [1.807, 2.05) is 53.2 Å². The number of aromatic nitrogens is 1. The number of hydrogen-bond acceptors (Lipinski definition) is 4. The van der Waals surface area contributed by atoms with Crippen molar-refractivity contribution in [1.82, 2.24) is 4.57 Å². The molecule has 3 rings (SSSR count). The van der Waals surface area contributed by atoms with E-state index < -0.39 is 25.3 Å². The summed E-state index contributed by atoms with van der Waals surface area (Å²) < 4.78 is 28.3. The first kappa shape index (κ1) is 22.1. The zero-order valence-electron chi connectivity index (χ0n) is 16.4. The van der Waals surface area contributed by atoms with E-state index in [0.717, 1.165) is 27.6 Å². The van der Waals surface area contributed by atoms with Crippen LogP contribution in [0.15, 0.2) is 48.7 Å². The summed E-state index contributed by atoms with van der Waals surface area (Å²) in [6, 6.07) is 12.6. The Morgan fingerprint density at radius 2 is 1.83 bits per heavy atom. The quantitative estimate of drug-likeness (QED) is 0.369. The molecule has 0 aliphatic carbocycles. The average Bonchev–Trinajstić information content (AvgIpc) is 3.13. The van der Waals surface area contributed by atoms with E-state index in [-0.39, 0.29) is 19.8 Å². The lowest BCUT2D eigenvalue weighted by molar-refractivity contribution is 0.204. The molecular weight excluding hydrogens is 408 g/mol. The fourth-order valence-corrected chi connectivity index (χ4v) is 3.53. The van der Waals surface area contributed by atoms with Gasteiger partial charge < -0.3 is 25.8 Å². The van der Waals surface area contributed by atoms with Gasteiger partial charge in [-0.3, -0.25) is 8.78 Å². The van der Waals surface area contributed by atoms with Crippen molar-refractivity contribution in [2.75, 3.05) is 31.9 Å². The average molecular weight is 434 g/mol. The molecule has 1 aromatic heterocycles. The molecule has 160 valence electrons. The number of aliphatic hydroxyl groups is 2. The first-order chi connectivity index (χ1) is 14.5. The highest BCUT2D eigenvalue weighted by Crippen LogP contribution is 2.33. The number of nitrogens with one attached hydrogen (secondary N) is 1. The van der Waals surface area contributed by atoms with Gasteiger partial charge in [0.05, 0.1) is 38.1 Å². The number of halogens is 2. The molecule has 5 N–H and O–H groups in total. The number of nitrogens with two attached hydrogens (primary N) is 1. The number of nitrogens with zero attached hydrogens (tertiary/aromatic N) is 1. The molecule has 5 nitrogen and oxygen atoms in total. The molecule has 0 radical (unpaired) electrons. The van der Waals surface area contributed by atoms with Crippen molar-refractivity contribution in [3.8, 4) is 11.1 Å². The number of fused-ring (bicyclic) bond motifs is 1. The Balaban J connectivity index is 2.11. The standard InChI is InChI=1S/C22H25F2N3O2S/c23-8-14(9-24)10-27-11-20(15-2-1-3-16(6-15)22(25)30)19-5-4-17(7-21(19)27)26-18(12-28)13-29/h1-7,11,14,18,26,28-29H,8-10,12-13H2,(H2,25,30). The second-order valence-corrected chi connectivity index (χ2v) is 7.69. The predicted molar refractivity (Wildman–Crippen MR) is 120 cm³/mol. The number of benzene rings is 2. The molecule has 0 saturated heterocycles. The van der Waals surface area contributed by atoms with Crippen molar-refractivity contribution < 1.29 is 19.0 Å². The number of anilines is 1. The highest BCUT2D eigenvalue weighted by molar-refractivity contribution is 7.80. The maximum absolute atomic E-state index is 13.2. The molecule has 0 saturated carbocycles. The van der Waals surface area contributed by atoms with Crippen LogP contribution in [0.25, 0.3) is 22.0 Å². The van der Waals surface area contributed by atoms with Crippen LogP contribution in [0, 0.1) is 5.92 Å². The highest BCUT2D eigenvalue weighted by Gasteiger charge is 2.16. The zero-order valence-corrected chi connectivity index (χ0v) is 17.2. The van der Waals surface area contributed by atoms with Crippen molar-refractivity contribution in [1.29, 1.82) is 0 Å². The van der Waals surface area contributed by atoms with Crippen LogP contribution >= 0.6 is 12.2 Å². The summed E-state index contributed by atoms with van der Waals surface area (Å²) in [6.07, 6.45) is 1.88. The summed E-state index contributed by atoms with van der Waals surface area (Å²) in [5, 5.41) is 22.6. The van der Waals surface area contributed by atoms with Crippen LogP contribution in [-0.2, 0) is 6.54 Å². The van der Waals surface area contributed by atoms with E-state index in [2.05, 4.69) is 5.32 Å². The molecule has 0 atom stereocenters. The van der Waals surface area contributed by atoms with Crippen LogP contribution in [0.3, 0.4) is 0 Å². The maximum Gasteiger partial charge on any atom is 0.104 e. The van der Waals surface area contributed by atoms with Crippen LogP contribution in [0.4, 0.5) is 14.5 Å². The number of alkyl halides is 2. The van der Waals surface area contributed by atoms with Gasteiger partial charge in [-0.05, 0) is 23.8 Å². The van der Waals surface area contributed by atoms with Gasteiger partial charge >= 0.3 is 0 Å². The zero-order chi connectivity index (χ0) is 21.7. The summed E-state index contributed by atoms with van der Waals surface area (Å²) in [4.78, 5) is 0.293. The van der Waals surface area contributed by atoms with E-state index in [1.165, 1.54) is 0 Å². The van der Waals surface area contributed by atoms with E-state index in [0.29, 0.717) is 10.7 Å². The third-order valence-corrected chi connectivity index (χ3v) is 5.28. The summed E-state index contributed by atoms with van der Waals surface area (Å²) in [5.74, 6) is -0.740. The minimum Gasteiger partial charge on any atom is -0.394 e. The molecule has 0 amide bonds. The predicted octanol–water partition coefficient (Wildman–Crippen LogP) is 3.26.